The summed E-state index contributed by atoms with van der Waals surface area (Å²) in [5.41, 5.74) is 5.57. The van der Waals surface area contributed by atoms with Gasteiger partial charge < -0.3 is 15.4 Å². The second-order valence-electron chi connectivity index (χ2n) is 5.75. The van der Waals surface area contributed by atoms with Crippen molar-refractivity contribution in [3.05, 3.63) is 0 Å². The predicted octanol–water partition coefficient (Wildman–Crippen LogP) is 0.751. The molecule has 2 saturated heterocycles. The molecule has 0 spiro atoms. The van der Waals surface area contributed by atoms with Gasteiger partial charge in [-0.1, -0.05) is 6.42 Å². The van der Waals surface area contributed by atoms with Gasteiger partial charge in [-0.3, -0.25) is 4.79 Å². The third-order valence-corrected chi connectivity index (χ3v) is 4.68. The van der Waals surface area contributed by atoms with Gasteiger partial charge in [-0.25, -0.2) is 0 Å². The van der Waals surface area contributed by atoms with Crippen LogP contribution in [0.15, 0.2) is 0 Å². The summed E-state index contributed by atoms with van der Waals surface area (Å²) in [5, 5.41) is 0. The fourth-order valence-corrected chi connectivity index (χ4v) is 3.68. The van der Waals surface area contributed by atoms with Gasteiger partial charge in [0.15, 0.2) is 0 Å². The monoisotopic (exact) mass is 238 g/mol. The van der Waals surface area contributed by atoms with E-state index in [0.717, 1.165) is 37.8 Å². The van der Waals surface area contributed by atoms with Crippen LogP contribution in [0.5, 0.6) is 0 Å². The highest BCUT2D eigenvalue weighted by Gasteiger charge is 2.41. The maximum absolute atomic E-state index is 12.3. The number of hydrogen-bond acceptors (Lipinski definition) is 3. The second-order valence-corrected chi connectivity index (χ2v) is 5.75. The fourth-order valence-electron chi connectivity index (χ4n) is 3.68. The minimum atomic E-state index is -0.206. The summed E-state index contributed by atoms with van der Waals surface area (Å²) < 4.78 is 5.69. The first-order valence-corrected chi connectivity index (χ1v) is 6.92. The molecule has 2 N–H and O–H groups in total. The van der Waals surface area contributed by atoms with E-state index in [-0.39, 0.29) is 18.1 Å². The van der Waals surface area contributed by atoms with E-state index < -0.39 is 0 Å². The molecule has 3 aliphatic rings. The van der Waals surface area contributed by atoms with E-state index in [1.165, 1.54) is 19.3 Å². The van der Waals surface area contributed by atoms with Crippen LogP contribution >= 0.6 is 0 Å². The quantitative estimate of drug-likeness (QED) is 0.772. The summed E-state index contributed by atoms with van der Waals surface area (Å²) in [6.45, 7) is 2.47. The van der Waals surface area contributed by atoms with E-state index in [9.17, 15) is 4.79 Å². The summed E-state index contributed by atoms with van der Waals surface area (Å²) in [5.74, 6) is 1.76. The highest BCUT2D eigenvalue weighted by Crippen LogP contribution is 2.38. The highest BCUT2D eigenvalue weighted by molar-refractivity contribution is 5.81. The maximum atomic E-state index is 12.3. The Morgan fingerprint density at radius 1 is 1.18 bits per heavy atom. The average molecular weight is 238 g/mol. The standard InChI is InChI=1S/C13H22N2O2/c14-6-11-4-5-12(17-11)13(16)15-7-9-2-1-3-10(9)8-15/h9-12H,1-8,14H2. The lowest BCUT2D eigenvalue weighted by molar-refractivity contribution is -0.142. The Labute approximate surface area is 102 Å². The van der Waals surface area contributed by atoms with Crippen molar-refractivity contribution in [3.63, 3.8) is 0 Å². The Balaban J connectivity index is 1.57. The lowest BCUT2D eigenvalue weighted by atomic mass is 10.0. The first-order chi connectivity index (χ1) is 8.28. The van der Waals surface area contributed by atoms with E-state index >= 15 is 0 Å². The summed E-state index contributed by atoms with van der Waals surface area (Å²) in [4.78, 5) is 14.3. The van der Waals surface area contributed by atoms with E-state index in [1.54, 1.807) is 0 Å². The molecule has 0 aromatic carbocycles. The van der Waals surface area contributed by atoms with Crippen molar-refractivity contribution in [2.45, 2.75) is 44.3 Å². The normalized spacial score (nSPS) is 40.9. The molecular weight excluding hydrogens is 216 g/mol. The fraction of sp³-hybridized carbons (Fsp3) is 0.923. The lowest BCUT2D eigenvalue weighted by Gasteiger charge is -2.21. The molecule has 4 unspecified atom stereocenters. The Hall–Kier alpha value is -0.610. The van der Waals surface area contributed by atoms with Crippen LogP contribution in [0.25, 0.3) is 0 Å². The van der Waals surface area contributed by atoms with Crippen LogP contribution < -0.4 is 5.73 Å². The molecule has 2 aliphatic heterocycles. The SMILES string of the molecule is NCC1CCC(C(=O)N2CC3CCCC3C2)O1. The van der Waals surface area contributed by atoms with E-state index in [4.69, 9.17) is 10.5 Å². The van der Waals surface area contributed by atoms with Crippen molar-refractivity contribution in [1.82, 2.24) is 4.90 Å². The van der Waals surface area contributed by atoms with Gasteiger partial charge in [0, 0.05) is 19.6 Å². The number of amides is 1. The Morgan fingerprint density at radius 2 is 1.88 bits per heavy atom. The largest absolute Gasteiger partial charge is 0.364 e. The molecule has 2 heterocycles. The molecule has 0 aromatic rings. The number of hydrogen-bond donors (Lipinski definition) is 1. The van der Waals surface area contributed by atoms with Crippen molar-refractivity contribution in [2.24, 2.45) is 17.6 Å². The molecule has 0 aromatic heterocycles. The first kappa shape index (κ1) is 11.5. The van der Waals surface area contributed by atoms with Gasteiger partial charge in [-0.15, -0.1) is 0 Å². The molecule has 4 atom stereocenters. The number of fused-ring (bicyclic) bond motifs is 1. The van der Waals surface area contributed by atoms with Crippen molar-refractivity contribution in [1.29, 1.82) is 0 Å². The van der Waals surface area contributed by atoms with Crippen LogP contribution in [0.1, 0.15) is 32.1 Å². The Bertz CT molecular complexity index is 296. The molecule has 4 heteroatoms. The highest BCUT2D eigenvalue weighted by atomic mass is 16.5. The van der Waals surface area contributed by atoms with Gasteiger partial charge in [0.05, 0.1) is 6.10 Å². The number of ether oxygens (including phenoxy) is 1. The average Bonchev–Trinajstić information content (AvgIpc) is 3.02. The third-order valence-electron chi connectivity index (χ3n) is 4.68. The molecule has 1 aliphatic carbocycles. The zero-order chi connectivity index (χ0) is 11.8. The molecule has 1 amide bonds. The van der Waals surface area contributed by atoms with Crippen molar-refractivity contribution in [3.8, 4) is 0 Å². The molecule has 4 nitrogen and oxygen atoms in total. The zero-order valence-corrected chi connectivity index (χ0v) is 10.3. The number of nitrogens with two attached hydrogens (primary N) is 1. The maximum Gasteiger partial charge on any atom is 0.251 e. The van der Waals surface area contributed by atoms with E-state index in [0.29, 0.717) is 6.54 Å². The van der Waals surface area contributed by atoms with Crippen molar-refractivity contribution < 1.29 is 9.53 Å². The summed E-state index contributed by atoms with van der Waals surface area (Å²) in [7, 11) is 0. The van der Waals surface area contributed by atoms with Crippen LogP contribution in [0.3, 0.4) is 0 Å². The van der Waals surface area contributed by atoms with E-state index in [1.807, 2.05) is 4.90 Å². The van der Waals surface area contributed by atoms with Gasteiger partial charge in [-0.05, 0) is 37.5 Å². The van der Waals surface area contributed by atoms with Gasteiger partial charge in [0.1, 0.15) is 6.10 Å². The first-order valence-electron chi connectivity index (χ1n) is 6.92. The third kappa shape index (κ3) is 2.08. The zero-order valence-electron chi connectivity index (χ0n) is 10.3. The molecular formula is C13H22N2O2. The number of likely N-dealkylation sites (tertiary alicyclic amines) is 1. The number of nitrogens with zero attached hydrogens (tertiary/aromatic N) is 1. The molecule has 17 heavy (non-hydrogen) atoms. The van der Waals surface area contributed by atoms with Crippen LogP contribution in [0.2, 0.25) is 0 Å². The van der Waals surface area contributed by atoms with Gasteiger partial charge in [-0.2, -0.15) is 0 Å². The summed E-state index contributed by atoms with van der Waals surface area (Å²) in [6, 6.07) is 0. The summed E-state index contributed by atoms with van der Waals surface area (Å²) >= 11 is 0. The van der Waals surface area contributed by atoms with Gasteiger partial charge in [0.2, 0.25) is 0 Å². The lowest BCUT2D eigenvalue weighted by Crippen LogP contribution is -2.38. The van der Waals surface area contributed by atoms with Crippen molar-refractivity contribution in [2.75, 3.05) is 19.6 Å². The topological polar surface area (TPSA) is 55.6 Å². The molecule has 0 bridgehead atoms. The predicted molar refractivity (Wildman–Crippen MR) is 64.4 cm³/mol. The number of rotatable bonds is 2. The second kappa shape index (κ2) is 4.58. The summed E-state index contributed by atoms with van der Waals surface area (Å²) in [6.07, 6.45) is 5.66. The molecule has 96 valence electrons. The Kier molecular flexibility index (Phi) is 3.09. The molecule has 3 rings (SSSR count). The van der Waals surface area contributed by atoms with Gasteiger partial charge >= 0.3 is 0 Å². The molecule has 1 saturated carbocycles. The van der Waals surface area contributed by atoms with Crippen LogP contribution in [0.4, 0.5) is 0 Å². The Morgan fingerprint density at radius 3 is 2.47 bits per heavy atom. The van der Waals surface area contributed by atoms with Crippen LogP contribution in [-0.2, 0) is 9.53 Å². The minimum Gasteiger partial charge on any atom is -0.364 e. The molecule has 0 radical (unpaired) electrons. The van der Waals surface area contributed by atoms with Crippen LogP contribution in [-0.4, -0.2) is 42.6 Å². The van der Waals surface area contributed by atoms with Gasteiger partial charge in [0.25, 0.3) is 5.91 Å². The minimum absolute atomic E-state index is 0.103. The number of carbonyl (C=O) groups excluding carboxylic acids is 1. The smallest absolute Gasteiger partial charge is 0.251 e. The number of carbonyl (C=O) groups is 1. The van der Waals surface area contributed by atoms with E-state index in [2.05, 4.69) is 0 Å². The van der Waals surface area contributed by atoms with Crippen molar-refractivity contribution >= 4 is 5.91 Å². The molecule has 3 fully saturated rings. The van der Waals surface area contributed by atoms with Crippen LogP contribution in [0, 0.1) is 11.8 Å².